The molecule has 3 aromatic rings. The van der Waals surface area contributed by atoms with Crippen LogP contribution >= 0.6 is 11.8 Å². The topological polar surface area (TPSA) is 80.0 Å². The molecule has 0 atom stereocenters. The first-order valence-corrected chi connectivity index (χ1v) is 8.47. The average Bonchev–Trinajstić information content (AvgIpc) is 2.96. The number of nitrogens with one attached hydrogen (secondary N) is 1. The van der Waals surface area contributed by atoms with E-state index in [1.165, 1.54) is 11.8 Å². The van der Waals surface area contributed by atoms with Gasteiger partial charge in [0.1, 0.15) is 5.82 Å². The minimum absolute atomic E-state index is 0.216. The summed E-state index contributed by atoms with van der Waals surface area (Å²) in [5.41, 5.74) is 1.53. The van der Waals surface area contributed by atoms with Crippen molar-refractivity contribution < 1.29 is 9.90 Å². The number of aryl methyl sites for hydroxylation is 1. The SMILES string of the molecule is CSc1ccc(Nc2cc(C)nn2-c2ccccn2)c(C(=O)O)c1. The quantitative estimate of drug-likeness (QED) is 0.689. The molecule has 1 aromatic carbocycles. The van der Waals surface area contributed by atoms with E-state index in [4.69, 9.17) is 0 Å². The lowest BCUT2D eigenvalue weighted by Crippen LogP contribution is -2.07. The van der Waals surface area contributed by atoms with Crippen molar-refractivity contribution in [3.63, 3.8) is 0 Å². The lowest BCUT2D eigenvalue weighted by molar-refractivity contribution is 0.0697. The van der Waals surface area contributed by atoms with Gasteiger partial charge in [-0.05, 0) is 43.5 Å². The van der Waals surface area contributed by atoms with Gasteiger partial charge >= 0.3 is 5.97 Å². The first kappa shape index (κ1) is 16.1. The van der Waals surface area contributed by atoms with E-state index in [0.29, 0.717) is 17.3 Å². The lowest BCUT2D eigenvalue weighted by Gasteiger charge is -2.12. The van der Waals surface area contributed by atoms with Gasteiger partial charge in [0.15, 0.2) is 5.82 Å². The molecule has 0 unspecified atom stereocenters. The number of carboxylic acid groups (broad SMARTS) is 1. The summed E-state index contributed by atoms with van der Waals surface area (Å²) in [4.78, 5) is 16.7. The van der Waals surface area contributed by atoms with Crippen molar-refractivity contribution in [2.45, 2.75) is 11.8 Å². The maximum absolute atomic E-state index is 11.6. The fraction of sp³-hybridized carbons (Fsp3) is 0.118. The van der Waals surface area contributed by atoms with E-state index in [-0.39, 0.29) is 5.56 Å². The van der Waals surface area contributed by atoms with E-state index in [1.54, 1.807) is 23.0 Å². The van der Waals surface area contributed by atoms with Crippen molar-refractivity contribution in [1.29, 1.82) is 0 Å². The van der Waals surface area contributed by atoms with Crippen LogP contribution < -0.4 is 5.32 Å². The normalized spacial score (nSPS) is 10.6. The van der Waals surface area contributed by atoms with Gasteiger partial charge in [0.05, 0.1) is 16.9 Å². The van der Waals surface area contributed by atoms with E-state index < -0.39 is 5.97 Å². The van der Waals surface area contributed by atoms with Crippen LogP contribution in [0.3, 0.4) is 0 Å². The van der Waals surface area contributed by atoms with Gasteiger partial charge in [-0.3, -0.25) is 0 Å². The maximum atomic E-state index is 11.6. The average molecular weight is 340 g/mol. The van der Waals surface area contributed by atoms with Crippen molar-refractivity contribution in [3.05, 3.63) is 59.9 Å². The summed E-state index contributed by atoms with van der Waals surface area (Å²) in [7, 11) is 0. The molecule has 6 nitrogen and oxygen atoms in total. The third-order valence-electron chi connectivity index (χ3n) is 3.42. The molecule has 0 saturated heterocycles. The summed E-state index contributed by atoms with van der Waals surface area (Å²) < 4.78 is 1.66. The van der Waals surface area contributed by atoms with Crippen LogP contribution in [0.4, 0.5) is 11.5 Å². The van der Waals surface area contributed by atoms with Gasteiger partial charge in [0.2, 0.25) is 0 Å². The summed E-state index contributed by atoms with van der Waals surface area (Å²) >= 11 is 1.50. The van der Waals surface area contributed by atoms with Crippen molar-refractivity contribution >= 4 is 29.2 Å². The molecular formula is C17H16N4O2S. The number of rotatable bonds is 5. The molecule has 24 heavy (non-hydrogen) atoms. The Hall–Kier alpha value is -2.80. The largest absolute Gasteiger partial charge is 0.478 e. The highest BCUT2D eigenvalue weighted by atomic mass is 32.2. The number of anilines is 2. The first-order valence-electron chi connectivity index (χ1n) is 7.25. The molecule has 122 valence electrons. The number of aromatic nitrogens is 3. The molecule has 0 fully saturated rings. The van der Waals surface area contributed by atoms with Crippen LogP contribution in [0.25, 0.3) is 5.82 Å². The number of carbonyl (C=O) groups is 1. The number of carboxylic acids is 1. The molecule has 2 N–H and O–H groups in total. The van der Waals surface area contributed by atoms with E-state index in [1.807, 2.05) is 43.5 Å². The molecule has 0 bridgehead atoms. The smallest absolute Gasteiger partial charge is 0.337 e. The molecule has 7 heteroatoms. The monoisotopic (exact) mass is 340 g/mol. The molecule has 0 radical (unpaired) electrons. The Balaban J connectivity index is 2.02. The number of benzene rings is 1. The fourth-order valence-corrected chi connectivity index (χ4v) is 2.76. The maximum Gasteiger partial charge on any atom is 0.337 e. The Morgan fingerprint density at radius 2 is 2.08 bits per heavy atom. The predicted molar refractivity (Wildman–Crippen MR) is 94.6 cm³/mol. The second-order valence-corrected chi connectivity index (χ2v) is 5.99. The van der Waals surface area contributed by atoms with Crippen molar-refractivity contribution in [3.8, 4) is 5.82 Å². The van der Waals surface area contributed by atoms with Gasteiger partial charge in [0.25, 0.3) is 0 Å². The van der Waals surface area contributed by atoms with Crippen LogP contribution in [-0.4, -0.2) is 32.1 Å². The standard InChI is InChI=1S/C17H16N4O2S/c1-11-9-16(21(20-11)15-5-3-4-8-18-15)19-14-7-6-12(24-2)10-13(14)17(22)23/h3-10,19H,1-2H3,(H,22,23). The third-order valence-corrected chi connectivity index (χ3v) is 4.14. The van der Waals surface area contributed by atoms with Crippen molar-refractivity contribution in [1.82, 2.24) is 14.8 Å². The van der Waals surface area contributed by atoms with E-state index in [0.717, 1.165) is 10.6 Å². The van der Waals surface area contributed by atoms with Gasteiger partial charge in [0, 0.05) is 17.2 Å². The highest BCUT2D eigenvalue weighted by Gasteiger charge is 2.14. The highest BCUT2D eigenvalue weighted by Crippen LogP contribution is 2.27. The van der Waals surface area contributed by atoms with Gasteiger partial charge in [-0.1, -0.05) is 6.07 Å². The first-order chi connectivity index (χ1) is 11.6. The Morgan fingerprint density at radius 1 is 1.25 bits per heavy atom. The summed E-state index contributed by atoms with van der Waals surface area (Å²) in [6.07, 6.45) is 3.60. The molecule has 0 saturated carbocycles. The van der Waals surface area contributed by atoms with Crippen LogP contribution in [0.5, 0.6) is 0 Å². The molecule has 2 aromatic heterocycles. The molecular weight excluding hydrogens is 324 g/mol. The number of hydrogen-bond acceptors (Lipinski definition) is 5. The number of hydrogen-bond donors (Lipinski definition) is 2. The van der Waals surface area contributed by atoms with E-state index in [2.05, 4.69) is 15.4 Å². The molecule has 2 heterocycles. The fourth-order valence-electron chi connectivity index (χ4n) is 2.32. The molecule has 0 aliphatic carbocycles. The second-order valence-electron chi connectivity index (χ2n) is 5.11. The number of pyridine rings is 1. The molecule has 3 rings (SSSR count). The summed E-state index contributed by atoms with van der Waals surface area (Å²) in [6.45, 7) is 1.87. The zero-order valence-corrected chi connectivity index (χ0v) is 14.0. The lowest BCUT2D eigenvalue weighted by atomic mass is 10.2. The van der Waals surface area contributed by atoms with Gasteiger partial charge < -0.3 is 10.4 Å². The number of thioether (sulfide) groups is 1. The van der Waals surface area contributed by atoms with Crippen molar-refractivity contribution in [2.24, 2.45) is 0 Å². The zero-order chi connectivity index (χ0) is 17.1. The van der Waals surface area contributed by atoms with Crippen molar-refractivity contribution in [2.75, 3.05) is 11.6 Å². The van der Waals surface area contributed by atoms with Gasteiger partial charge in [-0.2, -0.15) is 9.78 Å². The van der Waals surface area contributed by atoms with Crippen LogP contribution in [-0.2, 0) is 0 Å². The van der Waals surface area contributed by atoms with Crippen LogP contribution in [0.1, 0.15) is 16.1 Å². The Labute approximate surface area is 143 Å². The predicted octanol–water partition coefficient (Wildman–Crippen LogP) is 3.74. The second kappa shape index (κ2) is 6.76. The van der Waals surface area contributed by atoms with E-state index in [9.17, 15) is 9.90 Å². The number of aromatic carboxylic acids is 1. The third kappa shape index (κ3) is 3.26. The van der Waals surface area contributed by atoms with Crippen LogP contribution in [0.2, 0.25) is 0 Å². The van der Waals surface area contributed by atoms with Crippen LogP contribution in [0, 0.1) is 6.92 Å². The van der Waals surface area contributed by atoms with Gasteiger partial charge in [-0.15, -0.1) is 11.8 Å². The molecule has 0 spiro atoms. The highest BCUT2D eigenvalue weighted by molar-refractivity contribution is 7.98. The minimum atomic E-state index is -0.978. The number of nitrogens with zero attached hydrogens (tertiary/aromatic N) is 3. The molecule has 0 aliphatic rings. The van der Waals surface area contributed by atoms with Gasteiger partial charge in [-0.25, -0.2) is 9.78 Å². The summed E-state index contributed by atoms with van der Waals surface area (Å²) in [5, 5.41) is 17.1. The summed E-state index contributed by atoms with van der Waals surface area (Å²) in [5.74, 6) is 0.338. The summed E-state index contributed by atoms with van der Waals surface area (Å²) in [6, 6.07) is 12.7. The Bertz CT molecular complexity index is 878. The molecule has 0 amide bonds. The Morgan fingerprint density at radius 3 is 2.75 bits per heavy atom. The minimum Gasteiger partial charge on any atom is -0.478 e. The van der Waals surface area contributed by atoms with Crippen LogP contribution in [0.15, 0.2) is 53.6 Å². The Kier molecular flexibility index (Phi) is 4.52. The zero-order valence-electron chi connectivity index (χ0n) is 13.2. The van der Waals surface area contributed by atoms with E-state index >= 15 is 0 Å². The molecule has 0 aliphatic heterocycles.